The molecule has 0 aliphatic heterocycles. The van der Waals surface area contributed by atoms with Crippen LogP contribution in [-0.4, -0.2) is 32.1 Å². The summed E-state index contributed by atoms with van der Waals surface area (Å²) in [5, 5.41) is 0.971. The highest BCUT2D eigenvalue weighted by Gasteiger charge is 2.25. The van der Waals surface area contributed by atoms with E-state index in [4.69, 9.17) is 18.9 Å². The summed E-state index contributed by atoms with van der Waals surface area (Å²) in [5.41, 5.74) is 3.07. The lowest BCUT2D eigenvalue weighted by Gasteiger charge is -2.19. The SMILES string of the molecule is COc1c(Cc2ccc(F)cc2)cc(C(=O)c2ccc(Oc3cccc4cccnc34)cc2)c(OC)c1OC. The van der Waals surface area contributed by atoms with Gasteiger partial charge in [0.2, 0.25) is 5.75 Å². The van der Waals surface area contributed by atoms with Crippen molar-refractivity contribution in [2.75, 3.05) is 21.3 Å². The van der Waals surface area contributed by atoms with Crippen LogP contribution in [0.5, 0.6) is 28.7 Å². The zero-order valence-corrected chi connectivity index (χ0v) is 21.7. The lowest BCUT2D eigenvalue weighted by Crippen LogP contribution is -2.09. The van der Waals surface area contributed by atoms with E-state index < -0.39 is 0 Å². The van der Waals surface area contributed by atoms with Crippen molar-refractivity contribution in [3.63, 3.8) is 0 Å². The van der Waals surface area contributed by atoms with Crippen LogP contribution in [0.15, 0.2) is 91.1 Å². The van der Waals surface area contributed by atoms with E-state index in [0.717, 1.165) is 16.5 Å². The number of nitrogens with zero attached hydrogens (tertiary/aromatic N) is 1. The lowest BCUT2D eigenvalue weighted by atomic mass is 9.95. The molecule has 5 aromatic rings. The molecular weight excluding hydrogens is 497 g/mol. The van der Waals surface area contributed by atoms with Crippen molar-refractivity contribution in [2.24, 2.45) is 0 Å². The van der Waals surface area contributed by atoms with Crippen LogP contribution >= 0.6 is 0 Å². The van der Waals surface area contributed by atoms with Gasteiger partial charge in [-0.2, -0.15) is 0 Å². The summed E-state index contributed by atoms with van der Waals surface area (Å²) in [5.74, 6) is 1.64. The average molecular weight is 524 g/mol. The van der Waals surface area contributed by atoms with Crippen LogP contribution < -0.4 is 18.9 Å². The highest BCUT2D eigenvalue weighted by Crippen LogP contribution is 2.44. The molecule has 7 heteroatoms. The molecule has 6 nitrogen and oxygen atoms in total. The number of para-hydroxylation sites is 1. The quantitative estimate of drug-likeness (QED) is 0.194. The Morgan fingerprint density at radius 3 is 2.18 bits per heavy atom. The molecule has 0 spiro atoms. The van der Waals surface area contributed by atoms with Gasteiger partial charge in [-0.25, -0.2) is 4.39 Å². The summed E-state index contributed by atoms with van der Waals surface area (Å²) in [6.07, 6.45) is 2.12. The molecule has 1 heterocycles. The minimum Gasteiger partial charge on any atom is -0.492 e. The summed E-state index contributed by atoms with van der Waals surface area (Å²) < 4.78 is 36.4. The third-order valence-corrected chi connectivity index (χ3v) is 6.37. The Morgan fingerprint density at radius 1 is 0.795 bits per heavy atom. The minimum atomic E-state index is -0.321. The first-order valence-electron chi connectivity index (χ1n) is 12.2. The number of ketones is 1. The smallest absolute Gasteiger partial charge is 0.204 e. The number of fused-ring (bicyclic) bond motifs is 1. The summed E-state index contributed by atoms with van der Waals surface area (Å²) in [4.78, 5) is 18.1. The van der Waals surface area contributed by atoms with E-state index >= 15 is 0 Å². The van der Waals surface area contributed by atoms with Gasteiger partial charge in [0.05, 0.1) is 26.9 Å². The Balaban J connectivity index is 1.48. The first-order valence-corrected chi connectivity index (χ1v) is 12.2. The number of carbonyl (C=O) groups is 1. The number of hydrogen-bond acceptors (Lipinski definition) is 6. The van der Waals surface area contributed by atoms with E-state index in [1.54, 1.807) is 48.7 Å². The second-order valence-electron chi connectivity index (χ2n) is 8.77. The van der Waals surface area contributed by atoms with Crippen LogP contribution in [0.1, 0.15) is 27.0 Å². The third kappa shape index (κ3) is 5.25. The van der Waals surface area contributed by atoms with Crippen LogP contribution in [0.2, 0.25) is 0 Å². The molecule has 0 aliphatic rings. The van der Waals surface area contributed by atoms with Crippen molar-refractivity contribution in [1.29, 1.82) is 0 Å². The van der Waals surface area contributed by atoms with Crippen LogP contribution in [-0.2, 0) is 6.42 Å². The van der Waals surface area contributed by atoms with Crippen molar-refractivity contribution in [2.45, 2.75) is 6.42 Å². The van der Waals surface area contributed by atoms with Crippen LogP contribution in [0.25, 0.3) is 10.9 Å². The topological polar surface area (TPSA) is 66.9 Å². The molecule has 0 atom stereocenters. The molecule has 0 saturated carbocycles. The summed E-state index contributed by atoms with van der Waals surface area (Å²) in [6, 6.07) is 24.4. The number of hydrogen-bond donors (Lipinski definition) is 0. The lowest BCUT2D eigenvalue weighted by molar-refractivity contribution is 0.103. The first kappa shape index (κ1) is 25.7. The van der Waals surface area contributed by atoms with Gasteiger partial charge in [0, 0.05) is 29.1 Å². The highest BCUT2D eigenvalue weighted by atomic mass is 19.1. The number of benzene rings is 4. The Kier molecular flexibility index (Phi) is 7.41. The van der Waals surface area contributed by atoms with Gasteiger partial charge in [-0.05, 0) is 60.2 Å². The van der Waals surface area contributed by atoms with Gasteiger partial charge in [0.25, 0.3) is 0 Å². The summed E-state index contributed by atoms with van der Waals surface area (Å²) >= 11 is 0. The molecular formula is C32H26FNO5. The fourth-order valence-electron chi connectivity index (χ4n) is 4.53. The van der Waals surface area contributed by atoms with Crippen molar-refractivity contribution in [3.8, 4) is 28.7 Å². The maximum Gasteiger partial charge on any atom is 0.204 e. The predicted octanol–water partition coefficient (Wildman–Crippen LogP) is 7.01. The Hall–Kier alpha value is -4.91. The minimum absolute atomic E-state index is 0.258. The number of rotatable bonds is 9. The number of aromatic nitrogens is 1. The van der Waals surface area contributed by atoms with E-state index in [2.05, 4.69) is 4.98 Å². The number of methoxy groups -OCH3 is 3. The summed E-state index contributed by atoms with van der Waals surface area (Å²) in [7, 11) is 4.49. The van der Waals surface area contributed by atoms with E-state index in [9.17, 15) is 9.18 Å². The van der Waals surface area contributed by atoms with E-state index in [1.807, 2.05) is 30.3 Å². The Morgan fingerprint density at radius 2 is 1.49 bits per heavy atom. The maximum absolute atomic E-state index is 13.7. The first-order chi connectivity index (χ1) is 19.0. The van der Waals surface area contributed by atoms with Gasteiger partial charge in [0.15, 0.2) is 23.0 Å². The van der Waals surface area contributed by atoms with E-state index in [1.165, 1.54) is 33.5 Å². The fourth-order valence-corrected chi connectivity index (χ4v) is 4.53. The van der Waals surface area contributed by atoms with Crippen molar-refractivity contribution >= 4 is 16.7 Å². The van der Waals surface area contributed by atoms with Crippen molar-refractivity contribution in [1.82, 2.24) is 4.98 Å². The average Bonchev–Trinajstić information content (AvgIpc) is 2.97. The molecule has 0 fully saturated rings. The fraction of sp³-hybridized carbons (Fsp3) is 0.125. The largest absolute Gasteiger partial charge is 0.492 e. The molecule has 0 N–H and O–H groups in total. The van der Waals surface area contributed by atoms with Gasteiger partial charge in [-0.3, -0.25) is 9.78 Å². The second-order valence-corrected chi connectivity index (χ2v) is 8.77. The zero-order valence-electron chi connectivity index (χ0n) is 21.7. The molecule has 196 valence electrons. The number of pyridine rings is 1. The third-order valence-electron chi connectivity index (χ3n) is 6.37. The number of halogens is 1. The normalized spacial score (nSPS) is 10.8. The molecule has 4 aromatic carbocycles. The molecule has 0 bridgehead atoms. The molecule has 0 unspecified atom stereocenters. The molecule has 0 radical (unpaired) electrons. The van der Waals surface area contributed by atoms with Gasteiger partial charge in [-0.15, -0.1) is 0 Å². The van der Waals surface area contributed by atoms with Crippen molar-refractivity contribution in [3.05, 3.63) is 119 Å². The Labute approximate surface area is 225 Å². The molecule has 1 aromatic heterocycles. The molecule has 39 heavy (non-hydrogen) atoms. The van der Waals surface area contributed by atoms with Crippen LogP contribution in [0.4, 0.5) is 4.39 Å². The summed E-state index contributed by atoms with van der Waals surface area (Å²) in [6.45, 7) is 0. The molecule has 0 saturated heterocycles. The Bertz CT molecular complexity index is 1630. The number of carbonyl (C=O) groups excluding carboxylic acids is 1. The highest BCUT2D eigenvalue weighted by molar-refractivity contribution is 6.11. The van der Waals surface area contributed by atoms with Gasteiger partial charge in [0.1, 0.15) is 17.1 Å². The van der Waals surface area contributed by atoms with Crippen LogP contribution in [0, 0.1) is 5.82 Å². The van der Waals surface area contributed by atoms with Crippen molar-refractivity contribution < 1.29 is 28.1 Å². The van der Waals surface area contributed by atoms with Gasteiger partial charge in [-0.1, -0.05) is 30.3 Å². The zero-order chi connectivity index (χ0) is 27.4. The van der Waals surface area contributed by atoms with Crippen LogP contribution in [0.3, 0.4) is 0 Å². The molecule has 5 rings (SSSR count). The van der Waals surface area contributed by atoms with Gasteiger partial charge < -0.3 is 18.9 Å². The standard InChI is InChI=1S/C32H26FNO5/c1-36-30-23(18-20-9-13-24(33)14-10-20)19-26(31(37-2)32(30)38-3)29(35)22-11-15-25(16-12-22)39-27-8-4-6-21-7-5-17-34-28(21)27/h4-17,19H,18H2,1-3H3. The van der Waals surface area contributed by atoms with Gasteiger partial charge >= 0.3 is 0 Å². The monoisotopic (exact) mass is 523 g/mol. The molecule has 0 aliphatic carbocycles. The predicted molar refractivity (Wildman–Crippen MR) is 147 cm³/mol. The maximum atomic E-state index is 13.7. The van der Waals surface area contributed by atoms with E-state index in [0.29, 0.717) is 46.1 Å². The number of ether oxygens (including phenoxy) is 4. The second kappa shape index (κ2) is 11.2. The van der Waals surface area contributed by atoms with E-state index in [-0.39, 0.29) is 17.3 Å². The molecule has 0 amide bonds.